The lowest BCUT2D eigenvalue weighted by Gasteiger charge is -2.07. The Kier molecular flexibility index (Phi) is 5.02. The molecule has 0 saturated heterocycles. The van der Waals surface area contributed by atoms with Gasteiger partial charge in [-0.05, 0) is 40.2 Å². The van der Waals surface area contributed by atoms with Crippen molar-refractivity contribution in [3.63, 3.8) is 0 Å². The Bertz CT molecular complexity index is 713. The first-order valence-electron chi connectivity index (χ1n) is 6.34. The third kappa shape index (κ3) is 4.29. The summed E-state index contributed by atoms with van der Waals surface area (Å²) in [5.74, 6) is 0.778. The van der Waals surface area contributed by atoms with Crippen LogP contribution in [-0.2, 0) is 16.6 Å². The van der Waals surface area contributed by atoms with Gasteiger partial charge in [-0.1, -0.05) is 13.8 Å². The second-order valence-electron chi connectivity index (χ2n) is 4.70. The van der Waals surface area contributed by atoms with Gasteiger partial charge in [0.25, 0.3) is 10.0 Å². The van der Waals surface area contributed by atoms with Crippen LogP contribution in [0, 0.1) is 0 Å². The SMILES string of the molecule is CC(C)NCc1ccc(S(=O)(=O)Nc2ncccc2Br)o1. The van der Waals surface area contributed by atoms with Crippen LogP contribution in [0.15, 0.2) is 44.4 Å². The second kappa shape index (κ2) is 6.59. The monoisotopic (exact) mass is 373 g/mol. The number of hydrogen-bond acceptors (Lipinski definition) is 5. The molecule has 2 heterocycles. The van der Waals surface area contributed by atoms with Crippen LogP contribution in [0.3, 0.4) is 0 Å². The summed E-state index contributed by atoms with van der Waals surface area (Å²) in [5, 5.41) is 3.02. The normalized spacial score (nSPS) is 11.8. The van der Waals surface area contributed by atoms with Gasteiger partial charge in [0.1, 0.15) is 5.76 Å². The summed E-state index contributed by atoms with van der Waals surface area (Å²) in [6.07, 6.45) is 1.50. The number of aromatic nitrogens is 1. The summed E-state index contributed by atoms with van der Waals surface area (Å²) in [4.78, 5) is 3.96. The van der Waals surface area contributed by atoms with Gasteiger partial charge >= 0.3 is 0 Å². The van der Waals surface area contributed by atoms with E-state index in [-0.39, 0.29) is 17.0 Å². The Hall–Kier alpha value is -1.38. The molecule has 0 aromatic carbocycles. The predicted molar refractivity (Wildman–Crippen MR) is 83.4 cm³/mol. The molecule has 0 atom stereocenters. The molecule has 0 unspecified atom stereocenters. The number of furan rings is 1. The van der Waals surface area contributed by atoms with Crippen LogP contribution < -0.4 is 10.0 Å². The zero-order chi connectivity index (χ0) is 15.5. The molecule has 0 radical (unpaired) electrons. The molecular weight excluding hydrogens is 358 g/mol. The second-order valence-corrected chi connectivity index (χ2v) is 7.16. The summed E-state index contributed by atoms with van der Waals surface area (Å²) in [6, 6.07) is 6.75. The molecule has 2 aromatic heterocycles. The molecule has 2 N–H and O–H groups in total. The lowest BCUT2D eigenvalue weighted by molar-refractivity contribution is 0.396. The highest BCUT2D eigenvalue weighted by Crippen LogP contribution is 2.23. The van der Waals surface area contributed by atoms with E-state index in [2.05, 4.69) is 31.0 Å². The fraction of sp³-hybridized carbons (Fsp3) is 0.308. The van der Waals surface area contributed by atoms with Crippen molar-refractivity contribution in [1.29, 1.82) is 0 Å². The lowest BCUT2D eigenvalue weighted by atomic mass is 10.3. The van der Waals surface area contributed by atoms with Crippen LogP contribution in [0.25, 0.3) is 0 Å². The van der Waals surface area contributed by atoms with E-state index in [0.717, 1.165) is 0 Å². The molecule has 0 aliphatic carbocycles. The van der Waals surface area contributed by atoms with Crippen LogP contribution >= 0.6 is 15.9 Å². The summed E-state index contributed by atoms with van der Waals surface area (Å²) < 4.78 is 32.7. The highest BCUT2D eigenvalue weighted by atomic mass is 79.9. The first-order valence-corrected chi connectivity index (χ1v) is 8.61. The topological polar surface area (TPSA) is 84.2 Å². The standard InChI is InChI=1S/C13H16BrN3O3S/c1-9(2)16-8-10-5-6-12(20-10)21(18,19)17-13-11(14)4-3-7-15-13/h3-7,9,16H,8H2,1-2H3,(H,15,17). The third-order valence-electron chi connectivity index (χ3n) is 2.58. The minimum atomic E-state index is -3.79. The maximum absolute atomic E-state index is 12.2. The molecule has 8 heteroatoms. The number of halogens is 1. The zero-order valence-corrected chi connectivity index (χ0v) is 14.0. The van der Waals surface area contributed by atoms with Crippen LogP contribution in [0.4, 0.5) is 5.82 Å². The van der Waals surface area contributed by atoms with Crippen molar-refractivity contribution < 1.29 is 12.8 Å². The molecule has 0 saturated carbocycles. The van der Waals surface area contributed by atoms with Gasteiger partial charge in [0.15, 0.2) is 5.82 Å². The molecular formula is C13H16BrN3O3S. The number of hydrogen-bond donors (Lipinski definition) is 2. The highest BCUT2D eigenvalue weighted by Gasteiger charge is 2.20. The lowest BCUT2D eigenvalue weighted by Crippen LogP contribution is -2.21. The van der Waals surface area contributed by atoms with Gasteiger partial charge in [0.2, 0.25) is 5.09 Å². The van der Waals surface area contributed by atoms with Crippen LogP contribution in [0.5, 0.6) is 0 Å². The van der Waals surface area contributed by atoms with Gasteiger partial charge in [0.05, 0.1) is 11.0 Å². The highest BCUT2D eigenvalue weighted by molar-refractivity contribution is 9.10. The van der Waals surface area contributed by atoms with Crippen molar-refractivity contribution in [3.8, 4) is 0 Å². The number of pyridine rings is 1. The number of sulfonamides is 1. The predicted octanol–water partition coefficient (Wildman–Crippen LogP) is 2.74. The summed E-state index contributed by atoms with van der Waals surface area (Å²) in [6.45, 7) is 4.47. The molecule has 0 bridgehead atoms. The average molecular weight is 374 g/mol. The van der Waals surface area contributed by atoms with Crippen LogP contribution in [0.1, 0.15) is 19.6 Å². The molecule has 21 heavy (non-hydrogen) atoms. The van der Waals surface area contributed by atoms with Gasteiger partial charge in [-0.2, -0.15) is 8.42 Å². The fourth-order valence-corrected chi connectivity index (χ4v) is 3.01. The van der Waals surface area contributed by atoms with E-state index < -0.39 is 10.0 Å². The molecule has 0 aliphatic rings. The number of nitrogens with one attached hydrogen (secondary N) is 2. The average Bonchev–Trinajstić information content (AvgIpc) is 2.88. The van der Waals surface area contributed by atoms with Crippen molar-refractivity contribution in [3.05, 3.63) is 40.7 Å². The van der Waals surface area contributed by atoms with Crippen molar-refractivity contribution in [2.45, 2.75) is 31.5 Å². The minimum Gasteiger partial charge on any atom is -0.446 e. The van der Waals surface area contributed by atoms with Crippen molar-refractivity contribution in [2.24, 2.45) is 0 Å². The molecule has 0 fully saturated rings. The Labute approximate surface area is 132 Å². The summed E-state index contributed by atoms with van der Waals surface area (Å²) in [5.41, 5.74) is 0. The molecule has 2 rings (SSSR count). The van der Waals surface area contributed by atoms with Gasteiger partial charge in [-0.3, -0.25) is 4.72 Å². The van der Waals surface area contributed by atoms with E-state index in [1.807, 2.05) is 13.8 Å². The quantitative estimate of drug-likeness (QED) is 0.812. The van der Waals surface area contributed by atoms with E-state index in [1.165, 1.54) is 12.3 Å². The van der Waals surface area contributed by atoms with E-state index in [1.54, 1.807) is 18.2 Å². The molecule has 114 valence electrons. The Morgan fingerprint density at radius 1 is 1.33 bits per heavy atom. The van der Waals surface area contributed by atoms with Gasteiger partial charge in [-0.15, -0.1) is 0 Å². The first kappa shape index (κ1) is 16.0. The zero-order valence-electron chi connectivity index (χ0n) is 11.6. The largest absolute Gasteiger partial charge is 0.446 e. The first-order chi connectivity index (χ1) is 9.88. The van der Waals surface area contributed by atoms with Crippen LogP contribution in [-0.4, -0.2) is 19.4 Å². The Morgan fingerprint density at radius 2 is 2.10 bits per heavy atom. The van der Waals surface area contributed by atoms with Crippen molar-refractivity contribution in [2.75, 3.05) is 4.72 Å². The number of anilines is 1. The Morgan fingerprint density at radius 3 is 2.76 bits per heavy atom. The van der Waals surface area contributed by atoms with Crippen molar-refractivity contribution >= 4 is 31.8 Å². The van der Waals surface area contributed by atoms with Crippen LogP contribution in [0.2, 0.25) is 0 Å². The van der Waals surface area contributed by atoms with E-state index in [9.17, 15) is 8.42 Å². The molecule has 6 nitrogen and oxygen atoms in total. The summed E-state index contributed by atoms with van der Waals surface area (Å²) >= 11 is 3.24. The smallest absolute Gasteiger partial charge is 0.296 e. The van der Waals surface area contributed by atoms with Crippen molar-refractivity contribution in [1.82, 2.24) is 10.3 Å². The molecule has 0 aliphatic heterocycles. The molecule has 0 spiro atoms. The van der Waals surface area contributed by atoms with E-state index >= 15 is 0 Å². The van der Waals surface area contributed by atoms with E-state index in [0.29, 0.717) is 16.8 Å². The maximum atomic E-state index is 12.2. The van der Waals surface area contributed by atoms with Gasteiger partial charge in [-0.25, -0.2) is 4.98 Å². The van der Waals surface area contributed by atoms with Gasteiger partial charge in [0, 0.05) is 12.2 Å². The molecule has 2 aromatic rings. The van der Waals surface area contributed by atoms with E-state index in [4.69, 9.17) is 4.42 Å². The fourth-order valence-electron chi connectivity index (χ4n) is 1.54. The third-order valence-corrected chi connectivity index (χ3v) is 4.43. The molecule has 0 amide bonds. The Balaban J connectivity index is 2.15. The maximum Gasteiger partial charge on any atom is 0.296 e. The summed E-state index contributed by atoms with van der Waals surface area (Å²) in [7, 11) is -3.79. The van der Waals surface area contributed by atoms with Gasteiger partial charge < -0.3 is 9.73 Å². The minimum absolute atomic E-state index is 0.138. The number of nitrogens with zero attached hydrogens (tertiary/aromatic N) is 1. The number of rotatable bonds is 6.